The third-order valence-corrected chi connectivity index (χ3v) is 12.9. The first-order chi connectivity index (χ1) is 9.01. The fraction of sp³-hybridized carbons (Fsp3) is 0.812. The molecule has 0 aliphatic carbocycles. The molecule has 0 amide bonds. The van der Waals surface area contributed by atoms with Crippen LogP contribution in [0.1, 0.15) is 66.2 Å². The first kappa shape index (κ1) is 18.8. The summed E-state index contributed by atoms with van der Waals surface area (Å²) in [5, 5.41) is 3.53. The molecule has 0 spiro atoms. The van der Waals surface area contributed by atoms with Crippen molar-refractivity contribution in [3.05, 3.63) is 12.2 Å². The first-order valence-electron chi connectivity index (χ1n) is 7.90. The van der Waals surface area contributed by atoms with E-state index in [1.807, 2.05) is 0 Å². The van der Waals surface area contributed by atoms with Crippen molar-refractivity contribution in [2.24, 2.45) is 0 Å². The molecule has 0 N–H and O–H groups in total. The Morgan fingerprint density at radius 3 is 1.58 bits per heavy atom. The van der Waals surface area contributed by atoms with E-state index in [2.05, 4.69) is 27.4 Å². The van der Waals surface area contributed by atoms with Crippen molar-refractivity contribution in [2.45, 2.75) is 82.0 Å². The summed E-state index contributed by atoms with van der Waals surface area (Å²) in [7, 11) is 0. The minimum absolute atomic E-state index is 0.136. The van der Waals surface area contributed by atoms with Crippen LogP contribution in [-0.4, -0.2) is 19.6 Å². The fourth-order valence-corrected chi connectivity index (χ4v) is 12.0. The van der Waals surface area contributed by atoms with Crippen LogP contribution in [-0.2, 0) is 8.56 Å². The number of rotatable bonds is 11. The summed E-state index contributed by atoms with van der Waals surface area (Å²) < 4.78 is 6.05. The van der Waals surface area contributed by atoms with Gasteiger partial charge in [-0.25, -0.2) is 0 Å². The molecule has 0 heterocycles. The van der Waals surface area contributed by atoms with Crippen molar-refractivity contribution in [3.63, 3.8) is 0 Å². The average molecular weight is 329 g/mol. The molecule has 0 fully saturated rings. The Labute approximate surface area is 122 Å². The molecule has 3 heteroatoms. The van der Waals surface area contributed by atoms with Gasteiger partial charge in [0.25, 0.3) is 0 Å². The number of unbranched alkanes of at least 4 members (excludes halogenated alkanes) is 3. The van der Waals surface area contributed by atoms with Gasteiger partial charge in [0.1, 0.15) is 0 Å². The Morgan fingerprint density at radius 1 is 0.947 bits per heavy atom. The van der Waals surface area contributed by atoms with Crippen LogP contribution in [0.2, 0.25) is 15.8 Å². The standard InChI is InChI=1S/C16H32GeO2/c1-6-9-12-17(13-10-7-2,14-11-8-3)19-16(18)15(4)5/h4,6-14H2,1-3,5H3. The van der Waals surface area contributed by atoms with E-state index in [1.165, 1.54) is 54.3 Å². The molecule has 0 radical (unpaired) electrons. The van der Waals surface area contributed by atoms with Crippen LogP contribution in [0, 0.1) is 0 Å². The zero-order valence-corrected chi connectivity index (χ0v) is 15.5. The fourth-order valence-electron chi connectivity index (χ4n) is 2.31. The van der Waals surface area contributed by atoms with E-state index in [-0.39, 0.29) is 5.97 Å². The van der Waals surface area contributed by atoms with E-state index in [4.69, 9.17) is 3.76 Å². The molecule has 0 aliphatic rings. The van der Waals surface area contributed by atoms with Gasteiger partial charge in [0.15, 0.2) is 0 Å². The summed E-state index contributed by atoms with van der Waals surface area (Å²) in [6.45, 7) is 12.1. The second-order valence-electron chi connectivity index (χ2n) is 5.66. The van der Waals surface area contributed by atoms with Crippen LogP contribution >= 0.6 is 0 Å². The molecular weight excluding hydrogens is 297 g/mol. The van der Waals surface area contributed by atoms with Gasteiger partial charge in [-0.3, -0.25) is 0 Å². The van der Waals surface area contributed by atoms with Gasteiger partial charge in [-0.2, -0.15) is 0 Å². The van der Waals surface area contributed by atoms with Gasteiger partial charge in [0.05, 0.1) is 0 Å². The van der Waals surface area contributed by atoms with Crippen molar-refractivity contribution >= 4 is 19.6 Å². The Hall–Kier alpha value is -0.247. The zero-order chi connectivity index (χ0) is 14.7. The molecule has 0 aromatic rings. The summed E-state index contributed by atoms with van der Waals surface area (Å²) in [4.78, 5) is 12.0. The van der Waals surface area contributed by atoms with Crippen molar-refractivity contribution < 1.29 is 8.56 Å². The minimum atomic E-state index is -2.47. The van der Waals surface area contributed by atoms with Crippen LogP contribution in [0.3, 0.4) is 0 Å². The second kappa shape index (κ2) is 10.5. The maximum absolute atomic E-state index is 12.0. The van der Waals surface area contributed by atoms with E-state index in [0.717, 1.165) is 0 Å². The molecule has 0 saturated carbocycles. The van der Waals surface area contributed by atoms with Crippen LogP contribution in [0.15, 0.2) is 12.2 Å². The Morgan fingerprint density at radius 2 is 1.32 bits per heavy atom. The van der Waals surface area contributed by atoms with Gasteiger partial charge in [0, 0.05) is 0 Å². The molecular formula is C16H32GeO2. The van der Waals surface area contributed by atoms with Crippen LogP contribution < -0.4 is 0 Å². The van der Waals surface area contributed by atoms with Crippen molar-refractivity contribution in [1.29, 1.82) is 0 Å². The third-order valence-electron chi connectivity index (χ3n) is 3.62. The number of carbonyl (C=O) groups is 1. The molecule has 0 aromatic heterocycles. The Kier molecular flexibility index (Phi) is 10.4. The van der Waals surface area contributed by atoms with Gasteiger partial charge < -0.3 is 0 Å². The number of hydrogen-bond acceptors (Lipinski definition) is 2. The summed E-state index contributed by atoms with van der Waals surface area (Å²) in [6.07, 6.45) is 7.19. The van der Waals surface area contributed by atoms with Crippen LogP contribution in [0.4, 0.5) is 0 Å². The third kappa shape index (κ3) is 7.81. The molecule has 0 aliphatic heterocycles. The SMILES string of the molecule is C=C(C)C(=O)[O][Ge]([CH2]CCC)([CH2]CCC)[CH2]CCC. The normalized spacial score (nSPS) is 11.4. The van der Waals surface area contributed by atoms with E-state index in [0.29, 0.717) is 5.57 Å². The predicted molar refractivity (Wildman–Crippen MR) is 85.8 cm³/mol. The van der Waals surface area contributed by atoms with Crippen molar-refractivity contribution in [2.75, 3.05) is 0 Å². The molecule has 112 valence electrons. The molecule has 2 nitrogen and oxygen atoms in total. The summed E-state index contributed by atoms with van der Waals surface area (Å²) >= 11 is -2.47. The summed E-state index contributed by atoms with van der Waals surface area (Å²) in [5.41, 5.74) is 0.555. The van der Waals surface area contributed by atoms with E-state index < -0.39 is 13.6 Å². The number of carbonyl (C=O) groups excluding carboxylic acids is 1. The maximum atomic E-state index is 12.0. The number of hydrogen-bond donors (Lipinski definition) is 0. The topological polar surface area (TPSA) is 26.3 Å². The summed E-state index contributed by atoms with van der Waals surface area (Å²) in [6, 6.07) is 0. The quantitative estimate of drug-likeness (QED) is 0.372. The molecule has 0 rings (SSSR count). The molecule has 0 saturated heterocycles. The summed E-state index contributed by atoms with van der Waals surface area (Å²) in [5.74, 6) is -0.136. The zero-order valence-electron chi connectivity index (χ0n) is 13.4. The van der Waals surface area contributed by atoms with Crippen molar-refractivity contribution in [3.8, 4) is 0 Å². The second-order valence-corrected chi connectivity index (χ2v) is 14.2. The Balaban J connectivity index is 4.85. The van der Waals surface area contributed by atoms with E-state index in [1.54, 1.807) is 6.92 Å². The molecule has 19 heavy (non-hydrogen) atoms. The first-order valence-corrected chi connectivity index (χ1v) is 13.2. The molecule has 0 bridgehead atoms. The van der Waals surface area contributed by atoms with Crippen LogP contribution in [0.5, 0.6) is 0 Å². The van der Waals surface area contributed by atoms with Crippen molar-refractivity contribution in [1.82, 2.24) is 0 Å². The van der Waals surface area contributed by atoms with Crippen LogP contribution in [0.25, 0.3) is 0 Å². The molecule has 0 atom stereocenters. The van der Waals surface area contributed by atoms with Gasteiger partial charge in [0.2, 0.25) is 0 Å². The van der Waals surface area contributed by atoms with Gasteiger partial charge in [-0.1, -0.05) is 0 Å². The van der Waals surface area contributed by atoms with Gasteiger partial charge >= 0.3 is 122 Å². The predicted octanol–water partition coefficient (Wildman–Crippen LogP) is 5.45. The monoisotopic (exact) mass is 330 g/mol. The van der Waals surface area contributed by atoms with E-state index >= 15 is 0 Å². The van der Waals surface area contributed by atoms with E-state index in [9.17, 15) is 4.79 Å². The van der Waals surface area contributed by atoms with Gasteiger partial charge in [-0.05, 0) is 0 Å². The van der Waals surface area contributed by atoms with Gasteiger partial charge in [-0.15, -0.1) is 0 Å². The molecule has 0 unspecified atom stereocenters. The average Bonchev–Trinajstić information content (AvgIpc) is 2.40. The molecule has 0 aromatic carbocycles. The Bertz CT molecular complexity index is 252.